The fraction of sp³-hybridized carbons (Fsp3) is 0.696. The maximum absolute atomic E-state index is 13.2. The van der Waals surface area contributed by atoms with Crippen molar-refractivity contribution in [3.05, 3.63) is 30.3 Å². The lowest BCUT2D eigenvalue weighted by molar-refractivity contribution is -0.133. The molecule has 0 aliphatic carbocycles. The van der Waals surface area contributed by atoms with Crippen LogP contribution in [0.2, 0.25) is 0 Å². The number of aliphatic hydroxyl groups is 1. The van der Waals surface area contributed by atoms with Crippen LogP contribution >= 0.6 is 0 Å². The van der Waals surface area contributed by atoms with Crippen LogP contribution in [0.3, 0.4) is 0 Å². The number of rotatable bonds is 13. The van der Waals surface area contributed by atoms with Crippen LogP contribution in [0.25, 0.3) is 0 Å². The number of amides is 1. The number of anilines is 1. The molecule has 0 aliphatic heterocycles. The zero-order valence-corrected chi connectivity index (χ0v) is 18.0. The third kappa shape index (κ3) is 7.53. The summed E-state index contributed by atoms with van der Waals surface area (Å²) in [5.41, 5.74) is -0.121. The van der Waals surface area contributed by atoms with E-state index in [9.17, 15) is 9.90 Å². The first-order valence-corrected chi connectivity index (χ1v) is 10.5. The Balaban J connectivity index is 2.95. The number of carbonyl (C=O) groups excluding carboxylic acids is 1. The van der Waals surface area contributed by atoms with E-state index in [1.54, 1.807) is 0 Å². The van der Waals surface area contributed by atoms with Crippen molar-refractivity contribution in [2.45, 2.75) is 91.1 Å². The van der Waals surface area contributed by atoms with Gasteiger partial charge in [-0.3, -0.25) is 4.79 Å². The molecule has 0 heterocycles. The lowest BCUT2D eigenvalue weighted by Crippen LogP contribution is -2.56. The maximum Gasteiger partial charge on any atom is 0.228 e. The molecule has 1 amide bonds. The maximum atomic E-state index is 13.2. The number of para-hydroxylation sites is 1. The molecule has 0 aromatic heterocycles. The Morgan fingerprint density at radius 1 is 1.04 bits per heavy atom. The molecule has 0 radical (unpaired) electrons. The second-order valence-corrected chi connectivity index (χ2v) is 8.53. The Morgan fingerprint density at radius 3 is 2.22 bits per heavy atom. The van der Waals surface area contributed by atoms with Crippen molar-refractivity contribution in [2.75, 3.05) is 11.9 Å². The Morgan fingerprint density at radius 2 is 1.67 bits per heavy atom. The van der Waals surface area contributed by atoms with E-state index >= 15 is 0 Å². The van der Waals surface area contributed by atoms with Crippen molar-refractivity contribution in [3.63, 3.8) is 0 Å². The molecule has 0 saturated heterocycles. The molecule has 1 rings (SSSR count). The van der Waals surface area contributed by atoms with Crippen LogP contribution in [-0.2, 0) is 4.79 Å². The molecular weight excluding hydrogens is 336 g/mol. The number of carbonyl (C=O) groups is 1. The second kappa shape index (κ2) is 11.3. The van der Waals surface area contributed by atoms with Gasteiger partial charge in [-0.15, -0.1) is 0 Å². The molecule has 27 heavy (non-hydrogen) atoms. The summed E-state index contributed by atoms with van der Waals surface area (Å²) in [7, 11) is 0. The van der Waals surface area contributed by atoms with Gasteiger partial charge in [-0.25, -0.2) is 0 Å². The highest BCUT2D eigenvalue weighted by Crippen LogP contribution is 2.33. The Labute approximate surface area is 166 Å². The van der Waals surface area contributed by atoms with Crippen LogP contribution < -0.4 is 10.6 Å². The van der Waals surface area contributed by atoms with E-state index in [0.29, 0.717) is 0 Å². The third-order valence-electron chi connectivity index (χ3n) is 5.58. The molecule has 0 fully saturated rings. The fourth-order valence-electron chi connectivity index (χ4n) is 3.29. The van der Waals surface area contributed by atoms with Crippen LogP contribution in [0, 0.1) is 5.41 Å². The van der Waals surface area contributed by atoms with Crippen molar-refractivity contribution in [1.82, 2.24) is 5.32 Å². The Bertz CT molecular complexity index is 545. The lowest BCUT2D eigenvalue weighted by atomic mass is 9.75. The number of hydrogen-bond acceptors (Lipinski definition) is 3. The van der Waals surface area contributed by atoms with Gasteiger partial charge in [-0.2, -0.15) is 0 Å². The van der Waals surface area contributed by atoms with Gasteiger partial charge in [0.15, 0.2) is 0 Å². The molecule has 1 aromatic carbocycles. The van der Waals surface area contributed by atoms with Crippen LogP contribution in [0.15, 0.2) is 30.3 Å². The monoisotopic (exact) mass is 376 g/mol. The molecule has 154 valence electrons. The summed E-state index contributed by atoms with van der Waals surface area (Å²) >= 11 is 0. The third-order valence-corrected chi connectivity index (χ3v) is 5.58. The minimum absolute atomic E-state index is 0.00559. The Hall–Kier alpha value is -1.55. The summed E-state index contributed by atoms with van der Waals surface area (Å²) in [6.45, 7) is 9.97. The van der Waals surface area contributed by atoms with Gasteiger partial charge < -0.3 is 15.7 Å². The number of nitrogens with one attached hydrogen (secondary N) is 2. The zero-order chi connectivity index (χ0) is 20.3. The first-order chi connectivity index (χ1) is 12.8. The van der Waals surface area contributed by atoms with E-state index < -0.39 is 11.0 Å². The average Bonchev–Trinajstić information content (AvgIpc) is 2.66. The number of hydrogen-bond donors (Lipinski definition) is 3. The lowest BCUT2D eigenvalue weighted by Gasteiger charge is -2.39. The van der Waals surface area contributed by atoms with Gasteiger partial charge in [-0.05, 0) is 45.7 Å². The van der Waals surface area contributed by atoms with E-state index in [0.717, 1.165) is 24.9 Å². The van der Waals surface area contributed by atoms with Crippen LogP contribution in [0.4, 0.5) is 5.69 Å². The molecule has 1 aromatic rings. The molecule has 0 bridgehead atoms. The summed E-state index contributed by atoms with van der Waals surface area (Å²) in [5, 5.41) is 16.2. The van der Waals surface area contributed by atoms with Gasteiger partial charge in [0.1, 0.15) is 0 Å². The topological polar surface area (TPSA) is 61.4 Å². The molecular formula is C23H40N2O2. The molecule has 2 atom stereocenters. The second-order valence-electron chi connectivity index (χ2n) is 8.53. The molecule has 2 unspecified atom stereocenters. The average molecular weight is 377 g/mol. The van der Waals surface area contributed by atoms with E-state index in [4.69, 9.17) is 0 Å². The van der Waals surface area contributed by atoms with Crippen molar-refractivity contribution < 1.29 is 9.90 Å². The first kappa shape index (κ1) is 23.5. The molecule has 0 saturated carbocycles. The summed E-state index contributed by atoms with van der Waals surface area (Å²) < 4.78 is 0. The van der Waals surface area contributed by atoms with Gasteiger partial charge in [0.2, 0.25) is 5.91 Å². The summed E-state index contributed by atoms with van der Waals surface area (Å²) in [4.78, 5) is 13.2. The number of benzene rings is 1. The fourth-order valence-corrected chi connectivity index (χ4v) is 3.29. The number of unbranched alkanes of at least 4 members (excludes halogenated alkanes) is 4. The van der Waals surface area contributed by atoms with E-state index in [-0.39, 0.29) is 18.6 Å². The largest absolute Gasteiger partial charge is 0.394 e. The highest BCUT2D eigenvalue weighted by Gasteiger charge is 2.41. The van der Waals surface area contributed by atoms with Crippen LogP contribution in [0.5, 0.6) is 0 Å². The van der Waals surface area contributed by atoms with Gasteiger partial charge in [0, 0.05) is 11.7 Å². The van der Waals surface area contributed by atoms with E-state index in [1.807, 2.05) is 39.0 Å². The quantitative estimate of drug-likeness (QED) is 0.418. The predicted molar refractivity (Wildman–Crippen MR) is 115 cm³/mol. The molecule has 3 N–H and O–H groups in total. The minimum Gasteiger partial charge on any atom is -0.394 e. The van der Waals surface area contributed by atoms with Crippen LogP contribution in [-0.4, -0.2) is 29.2 Å². The van der Waals surface area contributed by atoms with Crippen LogP contribution in [0.1, 0.15) is 79.6 Å². The predicted octanol–water partition coefficient (Wildman–Crippen LogP) is 5.13. The van der Waals surface area contributed by atoms with Crippen molar-refractivity contribution >= 4 is 11.6 Å². The van der Waals surface area contributed by atoms with E-state index in [2.05, 4.69) is 36.6 Å². The standard InChI is InChI=1S/C23H40N2O2/c1-6-8-9-10-14-17-20(24-19-15-12-11-13-16-19)23(5,7-2)21(27)25-22(3,4)18-26/h11-13,15-16,20,24,26H,6-10,14,17-18H2,1-5H3,(H,25,27). The minimum atomic E-state index is -0.619. The summed E-state index contributed by atoms with van der Waals surface area (Å²) in [5.74, 6) is 0.00559. The molecule has 0 spiro atoms. The zero-order valence-electron chi connectivity index (χ0n) is 18.0. The van der Waals surface area contributed by atoms with Crippen molar-refractivity contribution in [3.8, 4) is 0 Å². The van der Waals surface area contributed by atoms with Crippen molar-refractivity contribution in [2.24, 2.45) is 5.41 Å². The normalized spacial score (nSPS) is 15.0. The SMILES string of the molecule is CCCCCCCC(Nc1ccccc1)C(C)(CC)C(=O)NC(C)(C)CO. The number of aliphatic hydroxyl groups excluding tert-OH is 1. The highest BCUT2D eigenvalue weighted by atomic mass is 16.3. The highest BCUT2D eigenvalue weighted by molar-refractivity contribution is 5.84. The molecule has 4 nitrogen and oxygen atoms in total. The Kier molecular flexibility index (Phi) is 9.86. The molecule has 4 heteroatoms. The first-order valence-electron chi connectivity index (χ1n) is 10.5. The summed E-state index contributed by atoms with van der Waals surface area (Å²) in [6.07, 6.45) is 7.75. The van der Waals surface area contributed by atoms with Gasteiger partial charge in [0.25, 0.3) is 0 Å². The smallest absolute Gasteiger partial charge is 0.228 e. The summed E-state index contributed by atoms with van der Waals surface area (Å²) in [6, 6.07) is 10.2. The van der Waals surface area contributed by atoms with Gasteiger partial charge in [-0.1, -0.05) is 64.2 Å². The van der Waals surface area contributed by atoms with Crippen molar-refractivity contribution in [1.29, 1.82) is 0 Å². The molecule has 0 aliphatic rings. The van der Waals surface area contributed by atoms with Gasteiger partial charge in [0.05, 0.1) is 17.6 Å². The van der Waals surface area contributed by atoms with Gasteiger partial charge >= 0.3 is 0 Å². The van der Waals surface area contributed by atoms with E-state index in [1.165, 1.54) is 25.7 Å².